The zero-order valence-corrected chi connectivity index (χ0v) is 9.16. The number of carbonyl (C=O) groups is 2. The molecule has 0 fully saturated rings. The maximum absolute atomic E-state index is 11.2. The van der Waals surface area contributed by atoms with E-state index in [1.807, 2.05) is 0 Å². The Morgan fingerprint density at radius 2 is 2.00 bits per heavy atom. The monoisotopic (exact) mass is 216 g/mol. The van der Waals surface area contributed by atoms with Crippen LogP contribution in [0.5, 0.6) is 0 Å². The second-order valence-electron chi connectivity index (χ2n) is 3.64. The molecule has 88 valence electrons. The lowest BCUT2D eigenvalue weighted by Gasteiger charge is -2.07. The van der Waals surface area contributed by atoms with E-state index in [0.717, 1.165) is 19.3 Å². The van der Waals surface area contributed by atoms with Gasteiger partial charge in [-0.05, 0) is 19.4 Å². The number of carboxylic acid groups (broad SMARTS) is 1. The van der Waals surface area contributed by atoms with Gasteiger partial charge >= 0.3 is 5.97 Å². The Balaban J connectivity index is 3.45. The van der Waals surface area contributed by atoms with Crippen molar-refractivity contribution in [2.45, 2.75) is 32.6 Å². The number of nitrogens with one attached hydrogen (secondary N) is 1. The number of hydrogen-bond acceptors (Lipinski definition) is 3. The third-order valence-corrected chi connectivity index (χ3v) is 2.13. The van der Waals surface area contributed by atoms with Crippen molar-refractivity contribution in [1.29, 1.82) is 0 Å². The van der Waals surface area contributed by atoms with Crippen molar-refractivity contribution >= 4 is 11.9 Å². The number of carboxylic acids is 1. The Morgan fingerprint density at radius 1 is 1.33 bits per heavy atom. The molecule has 0 aromatic heterocycles. The molecule has 1 amide bonds. The van der Waals surface area contributed by atoms with Gasteiger partial charge in [0.05, 0.1) is 5.92 Å². The molecule has 5 heteroatoms. The number of hydrogen-bond donors (Lipinski definition) is 3. The highest BCUT2D eigenvalue weighted by Gasteiger charge is 2.11. The predicted molar refractivity (Wildman–Crippen MR) is 57.3 cm³/mol. The van der Waals surface area contributed by atoms with E-state index in [1.54, 1.807) is 6.92 Å². The molecule has 1 unspecified atom stereocenters. The Bertz CT molecular complexity index is 207. The van der Waals surface area contributed by atoms with Gasteiger partial charge < -0.3 is 16.2 Å². The molecule has 0 saturated heterocycles. The molecule has 0 aromatic rings. The average molecular weight is 216 g/mol. The molecule has 0 rings (SSSR count). The number of rotatable bonds is 8. The summed E-state index contributed by atoms with van der Waals surface area (Å²) >= 11 is 0. The molecule has 0 saturated carbocycles. The molecule has 0 spiro atoms. The minimum absolute atomic E-state index is 0.0832. The van der Waals surface area contributed by atoms with Crippen molar-refractivity contribution < 1.29 is 14.7 Å². The Labute approximate surface area is 90.0 Å². The van der Waals surface area contributed by atoms with E-state index in [2.05, 4.69) is 5.32 Å². The molecule has 1 atom stereocenters. The smallest absolute Gasteiger partial charge is 0.308 e. The van der Waals surface area contributed by atoms with Crippen LogP contribution >= 0.6 is 0 Å². The van der Waals surface area contributed by atoms with E-state index in [1.165, 1.54) is 0 Å². The highest BCUT2D eigenvalue weighted by Crippen LogP contribution is 1.99. The molecule has 0 aliphatic heterocycles. The number of carbonyl (C=O) groups excluding carboxylic acids is 1. The molecule has 0 radical (unpaired) electrons. The summed E-state index contributed by atoms with van der Waals surface area (Å²) in [5, 5.41) is 11.2. The van der Waals surface area contributed by atoms with Gasteiger partial charge in [-0.2, -0.15) is 0 Å². The zero-order chi connectivity index (χ0) is 11.7. The molecule has 15 heavy (non-hydrogen) atoms. The van der Waals surface area contributed by atoms with E-state index in [0.29, 0.717) is 13.0 Å². The van der Waals surface area contributed by atoms with Gasteiger partial charge in [-0.1, -0.05) is 13.3 Å². The molecule has 0 aromatic carbocycles. The van der Waals surface area contributed by atoms with Crippen molar-refractivity contribution in [2.75, 3.05) is 13.1 Å². The third-order valence-electron chi connectivity index (χ3n) is 2.13. The zero-order valence-electron chi connectivity index (χ0n) is 9.16. The van der Waals surface area contributed by atoms with Crippen LogP contribution < -0.4 is 11.1 Å². The second kappa shape index (κ2) is 8.23. The van der Waals surface area contributed by atoms with Gasteiger partial charge in [-0.3, -0.25) is 9.59 Å². The van der Waals surface area contributed by atoms with Gasteiger partial charge in [-0.15, -0.1) is 0 Å². The fraction of sp³-hybridized carbons (Fsp3) is 0.800. The van der Waals surface area contributed by atoms with Crippen LogP contribution in [0.4, 0.5) is 0 Å². The summed E-state index contributed by atoms with van der Waals surface area (Å²) in [6, 6.07) is 0. The van der Waals surface area contributed by atoms with Gasteiger partial charge in [0.25, 0.3) is 0 Å². The fourth-order valence-electron chi connectivity index (χ4n) is 1.05. The standard InChI is InChI=1S/C10H20N2O3/c1-8(10(14)15)7-12-9(13)5-3-2-4-6-11/h8H,2-7,11H2,1H3,(H,12,13)(H,14,15). The van der Waals surface area contributed by atoms with Crippen LogP contribution in [-0.4, -0.2) is 30.1 Å². The SMILES string of the molecule is CC(CNC(=O)CCCCCN)C(=O)O. The first-order chi connectivity index (χ1) is 7.07. The lowest BCUT2D eigenvalue weighted by molar-refractivity contribution is -0.141. The van der Waals surface area contributed by atoms with E-state index >= 15 is 0 Å². The van der Waals surface area contributed by atoms with E-state index in [4.69, 9.17) is 10.8 Å². The second-order valence-corrected chi connectivity index (χ2v) is 3.64. The van der Waals surface area contributed by atoms with Crippen LogP contribution in [0.3, 0.4) is 0 Å². The topological polar surface area (TPSA) is 92.4 Å². The average Bonchev–Trinajstić information content (AvgIpc) is 2.20. The summed E-state index contributed by atoms with van der Waals surface area (Å²) < 4.78 is 0. The highest BCUT2D eigenvalue weighted by atomic mass is 16.4. The minimum Gasteiger partial charge on any atom is -0.481 e. The summed E-state index contributed by atoms with van der Waals surface area (Å²) in [5.41, 5.74) is 5.31. The quantitative estimate of drug-likeness (QED) is 0.510. The first kappa shape index (κ1) is 13.9. The van der Waals surface area contributed by atoms with Crippen LogP contribution in [0.1, 0.15) is 32.6 Å². The van der Waals surface area contributed by atoms with Crippen molar-refractivity contribution in [1.82, 2.24) is 5.32 Å². The van der Waals surface area contributed by atoms with E-state index in [-0.39, 0.29) is 12.5 Å². The summed E-state index contributed by atoms with van der Waals surface area (Å²) in [5.74, 6) is -1.50. The number of unbranched alkanes of at least 4 members (excludes halogenated alkanes) is 2. The number of amides is 1. The van der Waals surface area contributed by atoms with Crippen LogP contribution in [-0.2, 0) is 9.59 Å². The Hall–Kier alpha value is -1.10. The summed E-state index contributed by atoms with van der Waals surface area (Å²) in [6.45, 7) is 2.42. The summed E-state index contributed by atoms with van der Waals surface area (Å²) in [7, 11) is 0. The van der Waals surface area contributed by atoms with Crippen LogP contribution in [0.2, 0.25) is 0 Å². The summed E-state index contributed by atoms with van der Waals surface area (Å²) in [6.07, 6.45) is 3.13. The van der Waals surface area contributed by atoms with Crippen LogP contribution in [0.15, 0.2) is 0 Å². The molecule has 0 aliphatic carbocycles. The van der Waals surface area contributed by atoms with Crippen LogP contribution in [0.25, 0.3) is 0 Å². The lowest BCUT2D eigenvalue weighted by atomic mass is 10.1. The molecule has 4 N–H and O–H groups in total. The molecule has 0 bridgehead atoms. The van der Waals surface area contributed by atoms with Gasteiger partial charge in [0.15, 0.2) is 0 Å². The molecule has 0 aliphatic rings. The minimum atomic E-state index is -0.890. The van der Waals surface area contributed by atoms with Crippen molar-refractivity contribution in [3.63, 3.8) is 0 Å². The lowest BCUT2D eigenvalue weighted by Crippen LogP contribution is -2.31. The number of aliphatic carboxylic acids is 1. The van der Waals surface area contributed by atoms with Crippen LogP contribution in [0, 0.1) is 5.92 Å². The number of nitrogens with two attached hydrogens (primary N) is 1. The van der Waals surface area contributed by atoms with Gasteiger partial charge in [-0.25, -0.2) is 0 Å². The predicted octanol–water partition coefficient (Wildman–Crippen LogP) is 0.342. The first-order valence-electron chi connectivity index (χ1n) is 5.27. The normalized spacial score (nSPS) is 12.1. The maximum atomic E-state index is 11.2. The molecular formula is C10H20N2O3. The van der Waals surface area contributed by atoms with Crippen molar-refractivity contribution in [3.05, 3.63) is 0 Å². The summed E-state index contributed by atoms with van der Waals surface area (Å²) in [4.78, 5) is 21.6. The maximum Gasteiger partial charge on any atom is 0.308 e. The van der Waals surface area contributed by atoms with Gasteiger partial charge in [0.1, 0.15) is 0 Å². The molecular weight excluding hydrogens is 196 g/mol. The van der Waals surface area contributed by atoms with E-state index < -0.39 is 11.9 Å². The Kier molecular flexibility index (Phi) is 7.62. The third kappa shape index (κ3) is 7.93. The Morgan fingerprint density at radius 3 is 2.53 bits per heavy atom. The van der Waals surface area contributed by atoms with Crippen molar-refractivity contribution in [2.24, 2.45) is 11.7 Å². The first-order valence-corrected chi connectivity index (χ1v) is 5.27. The van der Waals surface area contributed by atoms with Gasteiger partial charge in [0.2, 0.25) is 5.91 Å². The highest BCUT2D eigenvalue weighted by molar-refractivity contribution is 5.77. The van der Waals surface area contributed by atoms with E-state index in [9.17, 15) is 9.59 Å². The van der Waals surface area contributed by atoms with Gasteiger partial charge in [0, 0.05) is 13.0 Å². The fourth-order valence-corrected chi connectivity index (χ4v) is 1.05. The molecule has 5 nitrogen and oxygen atoms in total. The molecule has 0 heterocycles. The van der Waals surface area contributed by atoms with Crippen molar-refractivity contribution in [3.8, 4) is 0 Å². The largest absolute Gasteiger partial charge is 0.481 e.